The zero-order valence-corrected chi connectivity index (χ0v) is 6.62. The Kier molecular flexibility index (Phi) is 2.11. The van der Waals surface area contributed by atoms with Crippen molar-refractivity contribution < 1.29 is 9.84 Å². The van der Waals surface area contributed by atoms with E-state index < -0.39 is 0 Å². The van der Waals surface area contributed by atoms with E-state index in [1.54, 1.807) is 0 Å². The molecule has 0 aromatic heterocycles. The summed E-state index contributed by atoms with van der Waals surface area (Å²) < 4.78 is 5.42. The van der Waals surface area contributed by atoms with Gasteiger partial charge in [-0.2, -0.15) is 0 Å². The van der Waals surface area contributed by atoms with E-state index >= 15 is 0 Å². The number of hydrogen-bond acceptors (Lipinski definition) is 3. The van der Waals surface area contributed by atoms with Gasteiger partial charge in [-0.15, -0.1) is 0 Å². The molecule has 2 N–H and O–H groups in total. The number of aliphatic hydroxyl groups excluding tert-OH is 1. The van der Waals surface area contributed by atoms with Crippen LogP contribution in [-0.4, -0.2) is 38.0 Å². The minimum Gasteiger partial charge on any atom is -0.396 e. The van der Waals surface area contributed by atoms with Gasteiger partial charge >= 0.3 is 0 Å². The number of rotatable bonds is 1. The van der Waals surface area contributed by atoms with Gasteiger partial charge in [0.15, 0.2) is 0 Å². The van der Waals surface area contributed by atoms with E-state index in [-0.39, 0.29) is 0 Å². The number of piperidine rings is 1. The predicted molar refractivity (Wildman–Crippen MR) is 41.2 cm³/mol. The molecule has 2 heterocycles. The molecule has 64 valence electrons. The summed E-state index contributed by atoms with van der Waals surface area (Å²) in [6, 6.07) is 0. The highest BCUT2D eigenvalue weighted by molar-refractivity contribution is 4.87. The van der Waals surface area contributed by atoms with Crippen molar-refractivity contribution in [3.8, 4) is 0 Å². The summed E-state index contributed by atoms with van der Waals surface area (Å²) in [6.07, 6.45) is 0. The average Bonchev–Trinajstić information content (AvgIpc) is 2.03. The van der Waals surface area contributed by atoms with Crippen molar-refractivity contribution in [3.63, 3.8) is 0 Å². The molecule has 0 aromatic carbocycles. The molecule has 2 aliphatic rings. The van der Waals surface area contributed by atoms with Gasteiger partial charge in [-0.25, -0.2) is 0 Å². The number of nitrogens with one attached hydrogen (secondary N) is 1. The largest absolute Gasteiger partial charge is 0.396 e. The summed E-state index contributed by atoms with van der Waals surface area (Å²) >= 11 is 0. The Morgan fingerprint density at radius 1 is 1.27 bits per heavy atom. The molecule has 2 unspecified atom stereocenters. The highest BCUT2D eigenvalue weighted by atomic mass is 16.5. The molecule has 0 saturated carbocycles. The third-order valence-corrected chi connectivity index (χ3v) is 2.90. The molecule has 0 amide bonds. The molecule has 0 spiro atoms. The molecule has 2 rings (SSSR count). The maximum absolute atomic E-state index is 9.11. The molecule has 3 heteroatoms. The van der Waals surface area contributed by atoms with Gasteiger partial charge in [0.05, 0.1) is 13.2 Å². The van der Waals surface area contributed by atoms with Gasteiger partial charge in [0, 0.05) is 31.5 Å². The fraction of sp³-hybridized carbons (Fsp3) is 1.00. The molecule has 11 heavy (non-hydrogen) atoms. The average molecular weight is 157 g/mol. The smallest absolute Gasteiger partial charge is 0.0510 e. The van der Waals surface area contributed by atoms with Crippen molar-refractivity contribution in [1.29, 1.82) is 0 Å². The van der Waals surface area contributed by atoms with Gasteiger partial charge in [-0.05, 0) is 5.92 Å². The zero-order chi connectivity index (χ0) is 7.68. The Morgan fingerprint density at radius 2 is 1.91 bits per heavy atom. The van der Waals surface area contributed by atoms with Gasteiger partial charge in [0.2, 0.25) is 0 Å². The van der Waals surface area contributed by atoms with Crippen LogP contribution < -0.4 is 5.32 Å². The molecule has 0 aromatic rings. The Balaban J connectivity index is 2.04. The van der Waals surface area contributed by atoms with Crippen molar-refractivity contribution >= 4 is 0 Å². The van der Waals surface area contributed by atoms with Crippen LogP contribution in [0, 0.1) is 17.8 Å². The molecule has 2 fully saturated rings. The third kappa shape index (κ3) is 1.28. The third-order valence-electron chi connectivity index (χ3n) is 2.90. The molecular weight excluding hydrogens is 142 g/mol. The van der Waals surface area contributed by atoms with E-state index in [0.29, 0.717) is 24.4 Å². The molecular formula is C8H15NO2. The SMILES string of the molecule is OCC1C2CNCC1COC2. The zero-order valence-electron chi connectivity index (χ0n) is 6.62. The minimum absolute atomic E-state index is 0.334. The van der Waals surface area contributed by atoms with Gasteiger partial charge in [-0.3, -0.25) is 0 Å². The van der Waals surface area contributed by atoms with Crippen molar-refractivity contribution in [2.75, 3.05) is 32.9 Å². The lowest BCUT2D eigenvalue weighted by Gasteiger charge is -2.41. The number of hydrogen-bond donors (Lipinski definition) is 2. The van der Waals surface area contributed by atoms with Crippen LogP contribution in [0.25, 0.3) is 0 Å². The van der Waals surface area contributed by atoms with E-state index in [2.05, 4.69) is 5.32 Å². The maximum Gasteiger partial charge on any atom is 0.0510 e. The van der Waals surface area contributed by atoms with Crippen molar-refractivity contribution in [1.82, 2.24) is 5.32 Å². The van der Waals surface area contributed by atoms with Crippen LogP contribution in [0.1, 0.15) is 0 Å². The van der Waals surface area contributed by atoms with Crippen LogP contribution in [-0.2, 0) is 4.74 Å². The van der Waals surface area contributed by atoms with Crippen molar-refractivity contribution in [2.45, 2.75) is 0 Å². The Labute approximate surface area is 66.7 Å². The lowest BCUT2D eigenvalue weighted by Crippen LogP contribution is -2.51. The summed E-state index contributed by atoms with van der Waals surface area (Å²) in [5.74, 6) is 1.59. The van der Waals surface area contributed by atoms with Gasteiger partial charge in [-0.1, -0.05) is 0 Å². The molecule has 2 atom stereocenters. The fourth-order valence-corrected chi connectivity index (χ4v) is 2.18. The Hall–Kier alpha value is -0.120. The highest BCUT2D eigenvalue weighted by Crippen LogP contribution is 2.28. The first kappa shape index (κ1) is 7.53. The second-order valence-corrected chi connectivity index (χ2v) is 3.56. The molecule has 2 saturated heterocycles. The summed E-state index contributed by atoms with van der Waals surface area (Å²) in [6.45, 7) is 4.02. The predicted octanol–water partition coefficient (Wildman–Crippen LogP) is -0.539. The van der Waals surface area contributed by atoms with E-state index in [4.69, 9.17) is 9.84 Å². The fourth-order valence-electron chi connectivity index (χ4n) is 2.18. The molecule has 0 radical (unpaired) electrons. The summed E-state index contributed by atoms with van der Waals surface area (Å²) in [4.78, 5) is 0. The second kappa shape index (κ2) is 3.09. The van der Waals surface area contributed by atoms with E-state index in [1.165, 1.54) is 0 Å². The first-order valence-corrected chi connectivity index (χ1v) is 4.31. The summed E-state index contributed by atoms with van der Waals surface area (Å²) in [5, 5.41) is 12.5. The molecule has 3 nitrogen and oxygen atoms in total. The van der Waals surface area contributed by atoms with Crippen LogP contribution in [0.2, 0.25) is 0 Å². The van der Waals surface area contributed by atoms with Gasteiger partial charge in [0.25, 0.3) is 0 Å². The van der Waals surface area contributed by atoms with Crippen LogP contribution in [0.4, 0.5) is 0 Å². The van der Waals surface area contributed by atoms with E-state index in [0.717, 1.165) is 26.3 Å². The quantitative estimate of drug-likeness (QED) is 0.537. The normalized spacial score (nSPS) is 43.9. The number of fused-ring (bicyclic) bond motifs is 2. The Bertz CT molecular complexity index is 118. The van der Waals surface area contributed by atoms with E-state index in [9.17, 15) is 0 Å². The first-order chi connectivity index (χ1) is 5.42. The van der Waals surface area contributed by atoms with Crippen LogP contribution >= 0.6 is 0 Å². The van der Waals surface area contributed by atoms with Gasteiger partial charge < -0.3 is 15.2 Å². The first-order valence-electron chi connectivity index (χ1n) is 4.31. The molecule has 2 aliphatic heterocycles. The van der Waals surface area contributed by atoms with Crippen LogP contribution in [0.3, 0.4) is 0 Å². The minimum atomic E-state index is 0.334. The molecule has 0 aliphatic carbocycles. The summed E-state index contributed by atoms with van der Waals surface area (Å²) in [7, 11) is 0. The van der Waals surface area contributed by atoms with E-state index in [1.807, 2.05) is 0 Å². The van der Waals surface area contributed by atoms with Crippen molar-refractivity contribution in [3.05, 3.63) is 0 Å². The maximum atomic E-state index is 9.11. The Morgan fingerprint density at radius 3 is 2.36 bits per heavy atom. The standard InChI is InChI=1S/C8H15NO2/c10-3-8-6-1-9-2-7(8)5-11-4-6/h6-10H,1-5H2. The highest BCUT2D eigenvalue weighted by Gasteiger charge is 2.36. The topological polar surface area (TPSA) is 41.5 Å². The van der Waals surface area contributed by atoms with Crippen LogP contribution in [0.5, 0.6) is 0 Å². The lowest BCUT2D eigenvalue weighted by molar-refractivity contribution is -0.0633. The number of ether oxygens (including phenoxy) is 1. The lowest BCUT2D eigenvalue weighted by atomic mass is 9.78. The monoisotopic (exact) mass is 157 g/mol. The molecule has 2 bridgehead atoms. The van der Waals surface area contributed by atoms with Crippen LogP contribution in [0.15, 0.2) is 0 Å². The van der Waals surface area contributed by atoms with Gasteiger partial charge in [0.1, 0.15) is 0 Å². The number of aliphatic hydroxyl groups is 1. The summed E-state index contributed by atoms with van der Waals surface area (Å²) in [5.41, 5.74) is 0. The van der Waals surface area contributed by atoms with Crippen molar-refractivity contribution in [2.24, 2.45) is 17.8 Å². The second-order valence-electron chi connectivity index (χ2n) is 3.56.